The van der Waals surface area contributed by atoms with Crippen molar-refractivity contribution < 1.29 is 14.3 Å². The quantitative estimate of drug-likeness (QED) is 0.841. The van der Waals surface area contributed by atoms with E-state index in [1.807, 2.05) is 4.57 Å². The topological polar surface area (TPSA) is 73.2 Å². The van der Waals surface area contributed by atoms with E-state index in [1.165, 1.54) is 7.11 Å². The summed E-state index contributed by atoms with van der Waals surface area (Å²) in [5.74, 6) is -0.555. The molecule has 6 heteroatoms. The number of anilines is 1. The Balaban J connectivity index is 1.92. The molecular weight excluding hydrogens is 258 g/mol. The molecule has 1 aromatic heterocycles. The molecule has 104 valence electrons. The number of carbonyl (C=O) groups excluding carboxylic acids is 2. The van der Waals surface area contributed by atoms with Crippen LogP contribution in [0, 0.1) is 0 Å². The molecule has 1 N–H and O–H groups in total. The molecule has 0 fully saturated rings. The predicted molar refractivity (Wildman–Crippen MR) is 73.3 cm³/mol. The summed E-state index contributed by atoms with van der Waals surface area (Å²) in [4.78, 5) is 27.1. The summed E-state index contributed by atoms with van der Waals surface area (Å²) in [5, 5.41) is 2.74. The van der Waals surface area contributed by atoms with Crippen molar-refractivity contribution in [2.24, 2.45) is 0 Å². The SMILES string of the molecule is COC(=O)c1cccc(NC(=O)CCn2ccnc2)c1. The Morgan fingerprint density at radius 3 is 2.95 bits per heavy atom. The predicted octanol–water partition coefficient (Wildman–Crippen LogP) is 1.70. The lowest BCUT2D eigenvalue weighted by atomic mass is 10.2. The van der Waals surface area contributed by atoms with E-state index in [-0.39, 0.29) is 5.91 Å². The van der Waals surface area contributed by atoms with Gasteiger partial charge in [0.1, 0.15) is 0 Å². The molecule has 0 aliphatic carbocycles. The van der Waals surface area contributed by atoms with Crippen molar-refractivity contribution in [1.29, 1.82) is 0 Å². The third kappa shape index (κ3) is 3.68. The average molecular weight is 273 g/mol. The normalized spacial score (nSPS) is 10.1. The Hall–Kier alpha value is -2.63. The number of nitrogens with zero attached hydrogens (tertiary/aromatic N) is 2. The van der Waals surface area contributed by atoms with E-state index in [9.17, 15) is 9.59 Å². The average Bonchev–Trinajstić information content (AvgIpc) is 2.98. The Labute approximate surface area is 116 Å². The summed E-state index contributed by atoms with van der Waals surface area (Å²) in [6, 6.07) is 6.63. The Morgan fingerprint density at radius 2 is 2.25 bits per heavy atom. The molecule has 2 aromatic rings. The molecule has 1 amide bonds. The molecule has 20 heavy (non-hydrogen) atoms. The van der Waals surface area contributed by atoms with Crippen LogP contribution in [-0.2, 0) is 16.1 Å². The van der Waals surface area contributed by atoms with E-state index in [2.05, 4.69) is 15.0 Å². The van der Waals surface area contributed by atoms with Gasteiger partial charge in [0.15, 0.2) is 0 Å². The summed E-state index contributed by atoms with van der Waals surface area (Å²) in [6.07, 6.45) is 5.45. The number of hydrogen-bond donors (Lipinski definition) is 1. The van der Waals surface area contributed by atoms with Crippen LogP contribution in [0.25, 0.3) is 0 Å². The van der Waals surface area contributed by atoms with Crippen molar-refractivity contribution in [3.63, 3.8) is 0 Å². The van der Waals surface area contributed by atoms with Crippen LogP contribution in [0.5, 0.6) is 0 Å². The van der Waals surface area contributed by atoms with Gasteiger partial charge in [0.2, 0.25) is 5.91 Å². The molecule has 0 unspecified atom stereocenters. The number of hydrogen-bond acceptors (Lipinski definition) is 4. The van der Waals surface area contributed by atoms with Crippen LogP contribution in [0.4, 0.5) is 5.69 Å². The van der Waals surface area contributed by atoms with Gasteiger partial charge < -0.3 is 14.6 Å². The van der Waals surface area contributed by atoms with Gasteiger partial charge in [-0.1, -0.05) is 6.07 Å². The van der Waals surface area contributed by atoms with Gasteiger partial charge in [-0.05, 0) is 18.2 Å². The first-order chi connectivity index (χ1) is 9.69. The highest BCUT2D eigenvalue weighted by atomic mass is 16.5. The molecule has 0 aliphatic heterocycles. The maximum atomic E-state index is 11.8. The number of methoxy groups -OCH3 is 1. The second-order valence-electron chi connectivity index (χ2n) is 4.17. The van der Waals surface area contributed by atoms with Gasteiger partial charge in [-0.2, -0.15) is 0 Å². The number of amides is 1. The lowest BCUT2D eigenvalue weighted by Gasteiger charge is -2.07. The van der Waals surface area contributed by atoms with Crippen LogP contribution in [0.1, 0.15) is 16.8 Å². The first-order valence-electron chi connectivity index (χ1n) is 6.13. The van der Waals surface area contributed by atoms with Gasteiger partial charge in [0.05, 0.1) is 19.0 Å². The standard InChI is InChI=1S/C14H15N3O3/c1-20-14(19)11-3-2-4-12(9-11)16-13(18)5-7-17-8-6-15-10-17/h2-4,6,8-10H,5,7H2,1H3,(H,16,18). The number of aromatic nitrogens is 2. The maximum Gasteiger partial charge on any atom is 0.337 e. The third-order valence-electron chi connectivity index (χ3n) is 2.72. The van der Waals surface area contributed by atoms with Crippen molar-refractivity contribution in [3.8, 4) is 0 Å². The second kappa shape index (κ2) is 6.51. The molecule has 0 atom stereocenters. The fourth-order valence-corrected chi connectivity index (χ4v) is 1.71. The molecule has 0 saturated heterocycles. The van der Waals surface area contributed by atoms with E-state index in [0.29, 0.717) is 24.2 Å². The Kier molecular flexibility index (Phi) is 4.49. The molecule has 1 aromatic carbocycles. The molecule has 2 rings (SSSR count). The second-order valence-corrected chi connectivity index (χ2v) is 4.17. The van der Waals surface area contributed by atoms with Crippen LogP contribution in [0.3, 0.4) is 0 Å². The lowest BCUT2D eigenvalue weighted by Crippen LogP contribution is -2.14. The Morgan fingerprint density at radius 1 is 1.40 bits per heavy atom. The lowest BCUT2D eigenvalue weighted by molar-refractivity contribution is -0.116. The highest BCUT2D eigenvalue weighted by Gasteiger charge is 2.07. The summed E-state index contributed by atoms with van der Waals surface area (Å²) in [5.41, 5.74) is 0.975. The van der Waals surface area contributed by atoms with Crippen molar-refractivity contribution in [2.45, 2.75) is 13.0 Å². The van der Waals surface area contributed by atoms with Crippen molar-refractivity contribution in [3.05, 3.63) is 48.5 Å². The molecule has 1 heterocycles. The number of rotatable bonds is 5. The third-order valence-corrected chi connectivity index (χ3v) is 2.72. The first kappa shape index (κ1) is 13.8. The van der Waals surface area contributed by atoms with Gasteiger partial charge in [0, 0.05) is 31.0 Å². The molecule has 0 aliphatic rings. The monoisotopic (exact) mass is 273 g/mol. The van der Waals surface area contributed by atoms with Gasteiger partial charge in [-0.15, -0.1) is 0 Å². The number of carbonyl (C=O) groups is 2. The number of benzene rings is 1. The molecular formula is C14H15N3O3. The van der Waals surface area contributed by atoms with Crippen LogP contribution >= 0.6 is 0 Å². The largest absolute Gasteiger partial charge is 0.465 e. The summed E-state index contributed by atoms with van der Waals surface area (Å²) in [6.45, 7) is 0.558. The van der Waals surface area contributed by atoms with Gasteiger partial charge in [-0.25, -0.2) is 9.78 Å². The van der Waals surface area contributed by atoms with Gasteiger partial charge in [-0.3, -0.25) is 4.79 Å². The molecule has 6 nitrogen and oxygen atoms in total. The zero-order valence-electron chi connectivity index (χ0n) is 11.1. The fourth-order valence-electron chi connectivity index (χ4n) is 1.71. The number of ether oxygens (including phenoxy) is 1. The molecule has 0 saturated carbocycles. The number of imidazole rings is 1. The van der Waals surface area contributed by atoms with E-state index < -0.39 is 5.97 Å². The minimum absolute atomic E-state index is 0.124. The number of aryl methyl sites for hydroxylation is 1. The van der Waals surface area contributed by atoms with Crippen LogP contribution in [-0.4, -0.2) is 28.5 Å². The van der Waals surface area contributed by atoms with Gasteiger partial charge >= 0.3 is 5.97 Å². The van der Waals surface area contributed by atoms with Crippen LogP contribution in [0.15, 0.2) is 43.0 Å². The number of nitrogens with one attached hydrogen (secondary N) is 1. The van der Waals surface area contributed by atoms with Crippen molar-refractivity contribution in [2.75, 3.05) is 12.4 Å². The van der Waals surface area contributed by atoms with E-state index in [4.69, 9.17) is 0 Å². The minimum atomic E-state index is -0.431. The van der Waals surface area contributed by atoms with E-state index >= 15 is 0 Å². The van der Waals surface area contributed by atoms with Crippen molar-refractivity contribution >= 4 is 17.6 Å². The van der Waals surface area contributed by atoms with Gasteiger partial charge in [0.25, 0.3) is 0 Å². The molecule has 0 bridgehead atoms. The molecule has 0 radical (unpaired) electrons. The molecule has 0 spiro atoms. The minimum Gasteiger partial charge on any atom is -0.465 e. The summed E-state index contributed by atoms with van der Waals surface area (Å²) < 4.78 is 6.45. The van der Waals surface area contributed by atoms with Crippen LogP contribution in [0.2, 0.25) is 0 Å². The van der Waals surface area contributed by atoms with E-state index in [0.717, 1.165) is 0 Å². The van der Waals surface area contributed by atoms with Crippen LogP contribution < -0.4 is 5.32 Å². The zero-order chi connectivity index (χ0) is 14.4. The summed E-state index contributed by atoms with van der Waals surface area (Å²) >= 11 is 0. The highest BCUT2D eigenvalue weighted by molar-refractivity contribution is 5.94. The van der Waals surface area contributed by atoms with E-state index in [1.54, 1.807) is 43.0 Å². The summed E-state index contributed by atoms with van der Waals surface area (Å²) in [7, 11) is 1.32. The van der Waals surface area contributed by atoms with Crippen molar-refractivity contribution in [1.82, 2.24) is 9.55 Å². The zero-order valence-corrected chi connectivity index (χ0v) is 11.1. The first-order valence-corrected chi connectivity index (χ1v) is 6.13. The Bertz CT molecular complexity index is 593. The maximum absolute atomic E-state index is 11.8. The number of esters is 1. The smallest absolute Gasteiger partial charge is 0.337 e. The fraction of sp³-hybridized carbons (Fsp3) is 0.214. The highest BCUT2D eigenvalue weighted by Crippen LogP contribution is 2.12.